The number of para-hydroxylation sites is 1. The van der Waals surface area contributed by atoms with Gasteiger partial charge in [0.25, 0.3) is 0 Å². The lowest BCUT2D eigenvalue weighted by molar-refractivity contribution is 0.247. The van der Waals surface area contributed by atoms with Crippen LogP contribution in [0.25, 0.3) is 0 Å². The zero-order chi connectivity index (χ0) is 12.5. The first kappa shape index (κ1) is 11.7. The average molecular weight is 262 g/mol. The minimum atomic E-state index is -0.319. The number of hydrogen-bond acceptors (Lipinski definition) is 3. The number of rotatable bonds is 2. The van der Waals surface area contributed by atoms with E-state index in [0.717, 1.165) is 31.6 Å². The lowest BCUT2D eigenvalue weighted by atomic mass is 10.1. The molecule has 3 rings (SSSR count). The molecule has 0 bridgehead atoms. The lowest BCUT2D eigenvalue weighted by Gasteiger charge is -2.27. The van der Waals surface area contributed by atoms with E-state index in [1.807, 2.05) is 17.4 Å². The fourth-order valence-electron chi connectivity index (χ4n) is 2.40. The second-order valence-electron chi connectivity index (χ2n) is 4.64. The summed E-state index contributed by atoms with van der Waals surface area (Å²) in [4.78, 5) is 3.80. The largest absolute Gasteiger partial charge is 0.396 e. The molecule has 0 radical (unpaired) electrons. The van der Waals surface area contributed by atoms with Crippen LogP contribution in [0, 0.1) is 5.82 Å². The van der Waals surface area contributed by atoms with E-state index in [1.165, 1.54) is 16.5 Å². The van der Waals surface area contributed by atoms with Crippen LogP contribution in [0.1, 0.15) is 16.0 Å². The molecule has 0 fully saturated rings. The minimum absolute atomic E-state index is 0.286. The summed E-state index contributed by atoms with van der Waals surface area (Å²) in [7, 11) is 0. The van der Waals surface area contributed by atoms with Gasteiger partial charge in [-0.2, -0.15) is 0 Å². The molecule has 94 valence electrons. The van der Waals surface area contributed by atoms with Gasteiger partial charge in [-0.1, -0.05) is 12.1 Å². The quantitative estimate of drug-likeness (QED) is 0.843. The summed E-state index contributed by atoms with van der Waals surface area (Å²) in [6.45, 7) is 2.68. The topological polar surface area (TPSA) is 29.3 Å². The molecule has 0 amide bonds. The van der Waals surface area contributed by atoms with Crippen molar-refractivity contribution >= 4 is 17.0 Å². The Labute approximate surface area is 110 Å². The summed E-state index contributed by atoms with van der Waals surface area (Å²) in [5.74, 6) is -0.319. The Morgan fingerprint density at radius 1 is 1.33 bits per heavy atom. The predicted octanol–water partition coefficient (Wildman–Crippen LogP) is 3.03. The average Bonchev–Trinajstić information content (AvgIpc) is 2.82. The fraction of sp³-hybridized carbons (Fsp3) is 0.286. The molecule has 0 atom stereocenters. The van der Waals surface area contributed by atoms with E-state index in [2.05, 4.69) is 16.3 Å². The predicted molar refractivity (Wildman–Crippen MR) is 72.9 cm³/mol. The Morgan fingerprint density at radius 3 is 3.11 bits per heavy atom. The highest BCUT2D eigenvalue weighted by atomic mass is 32.1. The first-order chi connectivity index (χ1) is 8.74. The molecule has 2 heterocycles. The highest BCUT2D eigenvalue weighted by Gasteiger charge is 2.18. The van der Waals surface area contributed by atoms with Crippen molar-refractivity contribution in [2.45, 2.75) is 19.5 Å². The summed E-state index contributed by atoms with van der Waals surface area (Å²) in [5, 5.41) is 2.14. The van der Waals surface area contributed by atoms with Crippen LogP contribution in [0.15, 0.2) is 29.6 Å². The Kier molecular flexibility index (Phi) is 3.06. The summed E-state index contributed by atoms with van der Waals surface area (Å²) >= 11 is 1.83. The molecule has 2 nitrogen and oxygen atoms in total. The molecule has 2 N–H and O–H groups in total. The van der Waals surface area contributed by atoms with Crippen LogP contribution in [-0.4, -0.2) is 11.4 Å². The lowest BCUT2D eigenvalue weighted by Crippen LogP contribution is -2.29. The number of thiophene rings is 1. The first-order valence-electron chi connectivity index (χ1n) is 6.04. The Balaban J connectivity index is 1.77. The third kappa shape index (κ3) is 2.13. The van der Waals surface area contributed by atoms with Crippen LogP contribution >= 0.6 is 11.3 Å². The molecule has 1 aliphatic rings. The van der Waals surface area contributed by atoms with Crippen molar-refractivity contribution in [3.8, 4) is 0 Å². The fourth-order valence-corrected chi connectivity index (χ4v) is 3.29. The highest BCUT2D eigenvalue weighted by Crippen LogP contribution is 2.26. The number of nitrogens with two attached hydrogens (primary N) is 1. The van der Waals surface area contributed by atoms with Gasteiger partial charge in [-0.25, -0.2) is 4.39 Å². The molecular weight excluding hydrogens is 247 g/mol. The highest BCUT2D eigenvalue weighted by molar-refractivity contribution is 7.10. The summed E-state index contributed by atoms with van der Waals surface area (Å²) in [6.07, 6.45) is 1.09. The second-order valence-corrected chi connectivity index (χ2v) is 5.64. The van der Waals surface area contributed by atoms with Gasteiger partial charge in [0.2, 0.25) is 0 Å². The van der Waals surface area contributed by atoms with Gasteiger partial charge in [0.05, 0.1) is 5.69 Å². The Morgan fingerprint density at radius 2 is 2.22 bits per heavy atom. The monoisotopic (exact) mass is 262 g/mol. The number of fused-ring (bicyclic) bond motifs is 1. The Hall–Kier alpha value is -1.39. The van der Waals surface area contributed by atoms with E-state index in [-0.39, 0.29) is 11.5 Å². The van der Waals surface area contributed by atoms with Crippen molar-refractivity contribution in [3.05, 3.63) is 51.5 Å². The molecule has 0 saturated heterocycles. The zero-order valence-electron chi connectivity index (χ0n) is 10.0. The third-order valence-electron chi connectivity index (χ3n) is 3.42. The first-order valence-corrected chi connectivity index (χ1v) is 6.92. The van der Waals surface area contributed by atoms with Crippen LogP contribution in [0.3, 0.4) is 0 Å². The van der Waals surface area contributed by atoms with Crippen LogP contribution in [-0.2, 0) is 19.5 Å². The van der Waals surface area contributed by atoms with Crippen molar-refractivity contribution in [1.29, 1.82) is 0 Å². The maximum absolute atomic E-state index is 13.4. The van der Waals surface area contributed by atoms with Crippen molar-refractivity contribution in [1.82, 2.24) is 4.90 Å². The number of halogens is 1. The summed E-state index contributed by atoms with van der Waals surface area (Å²) in [6, 6.07) is 7.22. The molecule has 1 aromatic carbocycles. The van der Waals surface area contributed by atoms with Crippen molar-refractivity contribution < 1.29 is 4.39 Å². The molecule has 4 heteroatoms. The molecule has 2 aromatic rings. The number of benzene rings is 1. The van der Waals surface area contributed by atoms with Gasteiger partial charge in [0, 0.05) is 24.5 Å². The van der Waals surface area contributed by atoms with E-state index in [4.69, 9.17) is 5.73 Å². The molecule has 0 spiro atoms. The van der Waals surface area contributed by atoms with Gasteiger partial charge in [0.1, 0.15) is 5.82 Å². The molecule has 0 saturated carbocycles. The minimum Gasteiger partial charge on any atom is -0.396 e. The van der Waals surface area contributed by atoms with Crippen LogP contribution < -0.4 is 5.73 Å². The number of nitrogens with zero attached hydrogens (tertiary/aromatic N) is 1. The number of anilines is 1. The van der Waals surface area contributed by atoms with E-state index >= 15 is 0 Å². The van der Waals surface area contributed by atoms with Crippen molar-refractivity contribution in [2.24, 2.45) is 0 Å². The number of hydrogen-bond donors (Lipinski definition) is 1. The number of nitrogen functional groups attached to an aromatic ring is 1. The summed E-state index contributed by atoms with van der Waals surface area (Å²) < 4.78 is 13.4. The van der Waals surface area contributed by atoms with Crippen molar-refractivity contribution in [2.75, 3.05) is 12.3 Å². The van der Waals surface area contributed by atoms with E-state index in [9.17, 15) is 4.39 Å². The van der Waals surface area contributed by atoms with Crippen LogP contribution in [0.4, 0.5) is 10.1 Å². The van der Waals surface area contributed by atoms with Crippen LogP contribution in [0.2, 0.25) is 0 Å². The van der Waals surface area contributed by atoms with Gasteiger partial charge in [0.15, 0.2) is 0 Å². The molecule has 1 aliphatic heterocycles. The maximum atomic E-state index is 13.4. The van der Waals surface area contributed by atoms with Crippen molar-refractivity contribution in [3.63, 3.8) is 0 Å². The molecule has 0 aliphatic carbocycles. The van der Waals surface area contributed by atoms with E-state index in [0.29, 0.717) is 0 Å². The SMILES string of the molecule is Nc1c(F)cccc1CN1CCc2sccc2C1. The third-order valence-corrected chi connectivity index (χ3v) is 4.45. The standard InChI is InChI=1S/C14H15FN2S/c15-12-3-1-2-11(14(12)16)9-17-6-4-13-10(8-17)5-7-18-13/h1-3,5,7H,4,6,8-9,16H2. The smallest absolute Gasteiger partial charge is 0.146 e. The van der Waals surface area contributed by atoms with Crippen LogP contribution in [0.5, 0.6) is 0 Å². The molecule has 0 unspecified atom stereocenters. The molecular formula is C14H15FN2S. The normalized spacial score (nSPS) is 15.6. The van der Waals surface area contributed by atoms with Gasteiger partial charge in [-0.05, 0) is 35.1 Å². The maximum Gasteiger partial charge on any atom is 0.146 e. The molecule has 18 heavy (non-hydrogen) atoms. The van der Waals surface area contributed by atoms with Gasteiger partial charge >= 0.3 is 0 Å². The van der Waals surface area contributed by atoms with Gasteiger partial charge in [-0.3, -0.25) is 4.90 Å². The Bertz CT molecular complexity index is 565. The van der Waals surface area contributed by atoms with E-state index in [1.54, 1.807) is 6.07 Å². The summed E-state index contributed by atoms with van der Waals surface area (Å²) in [5.41, 5.74) is 8.35. The van der Waals surface area contributed by atoms with E-state index < -0.39 is 0 Å². The van der Waals surface area contributed by atoms with Gasteiger partial charge in [-0.15, -0.1) is 11.3 Å². The van der Waals surface area contributed by atoms with Gasteiger partial charge < -0.3 is 5.73 Å². The molecule has 1 aromatic heterocycles. The second kappa shape index (κ2) is 4.71. The zero-order valence-corrected chi connectivity index (χ0v) is 10.8.